The summed E-state index contributed by atoms with van der Waals surface area (Å²) < 4.78 is 2.29. The molecule has 2 atom stereocenters. The standard InChI is InChI=1S/C15H16N2O2/c1-8-2-5-13-12(6-8)16-14(17(13)9-3-4-9)10-7-11(10)15(18)19/h2,5-6,9-11H,3-4,7H2,1H3,(H,18,19). The smallest absolute Gasteiger partial charge is 0.307 e. The first-order valence-corrected chi connectivity index (χ1v) is 6.86. The number of rotatable bonds is 3. The Morgan fingerprint density at radius 2 is 2.21 bits per heavy atom. The second kappa shape index (κ2) is 3.59. The van der Waals surface area contributed by atoms with Crippen molar-refractivity contribution < 1.29 is 9.90 Å². The Morgan fingerprint density at radius 1 is 1.42 bits per heavy atom. The van der Waals surface area contributed by atoms with Crippen LogP contribution in [0, 0.1) is 12.8 Å². The molecule has 1 aromatic heterocycles. The first-order valence-electron chi connectivity index (χ1n) is 6.86. The van der Waals surface area contributed by atoms with Gasteiger partial charge in [-0.3, -0.25) is 4.79 Å². The molecule has 2 aromatic rings. The first kappa shape index (κ1) is 11.0. The summed E-state index contributed by atoms with van der Waals surface area (Å²) in [6, 6.07) is 6.86. The van der Waals surface area contributed by atoms with E-state index in [0.717, 1.165) is 17.8 Å². The maximum Gasteiger partial charge on any atom is 0.307 e. The molecule has 2 unspecified atom stereocenters. The van der Waals surface area contributed by atoms with Gasteiger partial charge in [0.25, 0.3) is 0 Å². The Labute approximate surface area is 111 Å². The molecule has 2 fully saturated rings. The van der Waals surface area contributed by atoms with Crippen LogP contribution in [0.15, 0.2) is 18.2 Å². The fraction of sp³-hybridized carbons (Fsp3) is 0.467. The summed E-state index contributed by atoms with van der Waals surface area (Å²) >= 11 is 0. The number of hydrogen-bond donors (Lipinski definition) is 1. The maximum absolute atomic E-state index is 11.1. The van der Waals surface area contributed by atoms with Crippen molar-refractivity contribution in [1.29, 1.82) is 0 Å². The number of imidazole rings is 1. The van der Waals surface area contributed by atoms with Crippen LogP contribution in [-0.2, 0) is 4.79 Å². The van der Waals surface area contributed by atoms with Crippen molar-refractivity contribution in [2.24, 2.45) is 5.92 Å². The van der Waals surface area contributed by atoms with E-state index in [1.807, 2.05) is 0 Å². The molecule has 1 aromatic carbocycles. The number of carbonyl (C=O) groups is 1. The van der Waals surface area contributed by atoms with Crippen LogP contribution >= 0.6 is 0 Å². The lowest BCUT2D eigenvalue weighted by molar-refractivity contribution is -0.138. The van der Waals surface area contributed by atoms with Crippen molar-refractivity contribution in [3.63, 3.8) is 0 Å². The zero-order valence-corrected chi connectivity index (χ0v) is 10.8. The summed E-state index contributed by atoms with van der Waals surface area (Å²) in [6.07, 6.45) is 3.12. The molecule has 1 N–H and O–H groups in total. The van der Waals surface area contributed by atoms with Gasteiger partial charge < -0.3 is 9.67 Å². The van der Waals surface area contributed by atoms with Gasteiger partial charge in [-0.15, -0.1) is 0 Å². The van der Waals surface area contributed by atoms with Crippen LogP contribution in [0.3, 0.4) is 0 Å². The molecule has 0 spiro atoms. The lowest BCUT2D eigenvalue weighted by atomic mass is 10.2. The summed E-state index contributed by atoms with van der Waals surface area (Å²) in [7, 11) is 0. The minimum Gasteiger partial charge on any atom is -0.481 e. The molecule has 98 valence electrons. The van der Waals surface area contributed by atoms with Gasteiger partial charge in [0.2, 0.25) is 0 Å². The fourth-order valence-electron chi connectivity index (χ4n) is 2.96. The minimum absolute atomic E-state index is 0.116. The number of nitrogens with zero attached hydrogens (tertiary/aromatic N) is 2. The molecule has 19 heavy (non-hydrogen) atoms. The minimum atomic E-state index is -0.685. The number of hydrogen-bond acceptors (Lipinski definition) is 2. The third-order valence-electron chi connectivity index (χ3n) is 4.22. The molecular weight excluding hydrogens is 240 g/mol. The molecule has 2 aliphatic rings. The maximum atomic E-state index is 11.1. The van der Waals surface area contributed by atoms with E-state index in [0.29, 0.717) is 6.04 Å². The monoisotopic (exact) mass is 256 g/mol. The van der Waals surface area contributed by atoms with Gasteiger partial charge in [0.15, 0.2) is 0 Å². The first-order chi connectivity index (χ1) is 9.15. The third-order valence-corrected chi connectivity index (χ3v) is 4.22. The molecule has 0 amide bonds. The van der Waals surface area contributed by atoms with E-state index in [4.69, 9.17) is 10.1 Å². The molecule has 4 nitrogen and oxygen atoms in total. The summed E-state index contributed by atoms with van der Waals surface area (Å²) in [5.74, 6) is 0.201. The number of carboxylic acids is 1. The van der Waals surface area contributed by atoms with Crippen LogP contribution < -0.4 is 0 Å². The van der Waals surface area contributed by atoms with Gasteiger partial charge in [-0.25, -0.2) is 4.98 Å². The Hall–Kier alpha value is -1.84. The van der Waals surface area contributed by atoms with E-state index >= 15 is 0 Å². The van der Waals surface area contributed by atoms with Crippen LogP contribution in [0.5, 0.6) is 0 Å². The van der Waals surface area contributed by atoms with E-state index < -0.39 is 5.97 Å². The van der Waals surface area contributed by atoms with Gasteiger partial charge in [0.1, 0.15) is 5.82 Å². The number of aliphatic carboxylic acids is 1. The van der Waals surface area contributed by atoms with Crippen molar-refractivity contribution in [3.05, 3.63) is 29.6 Å². The highest BCUT2D eigenvalue weighted by atomic mass is 16.4. The van der Waals surface area contributed by atoms with Crippen molar-refractivity contribution >= 4 is 17.0 Å². The average molecular weight is 256 g/mol. The van der Waals surface area contributed by atoms with Gasteiger partial charge in [0, 0.05) is 12.0 Å². The van der Waals surface area contributed by atoms with Crippen molar-refractivity contribution in [2.45, 2.75) is 38.1 Å². The van der Waals surface area contributed by atoms with E-state index in [2.05, 4.69) is 29.7 Å². The highest BCUT2D eigenvalue weighted by Crippen LogP contribution is 2.50. The third kappa shape index (κ3) is 1.66. The molecule has 0 saturated heterocycles. The van der Waals surface area contributed by atoms with E-state index in [1.54, 1.807) is 0 Å². The number of benzene rings is 1. The second-order valence-corrected chi connectivity index (χ2v) is 5.85. The highest BCUT2D eigenvalue weighted by molar-refractivity contribution is 5.79. The number of aromatic nitrogens is 2. The SMILES string of the molecule is Cc1ccc2c(c1)nc(C1CC1C(=O)O)n2C1CC1. The summed E-state index contributed by atoms with van der Waals surface area (Å²) in [6.45, 7) is 2.06. The predicted octanol–water partition coefficient (Wildman–Crippen LogP) is 2.87. The summed E-state index contributed by atoms with van der Waals surface area (Å²) in [5, 5.41) is 9.11. The van der Waals surface area contributed by atoms with Crippen LogP contribution in [0.1, 0.15) is 42.6 Å². The van der Waals surface area contributed by atoms with Gasteiger partial charge in [-0.1, -0.05) is 6.07 Å². The number of aryl methyl sites for hydroxylation is 1. The van der Waals surface area contributed by atoms with Gasteiger partial charge in [0.05, 0.1) is 17.0 Å². The zero-order chi connectivity index (χ0) is 13.1. The molecular formula is C15H16N2O2. The van der Waals surface area contributed by atoms with Crippen LogP contribution in [0.2, 0.25) is 0 Å². The predicted molar refractivity (Wildman–Crippen MR) is 71.2 cm³/mol. The molecule has 0 aliphatic heterocycles. The zero-order valence-electron chi connectivity index (χ0n) is 10.8. The average Bonchev–Trinajstić information content (AvgIpc) is 3.25. The molecule has 2 saturated carbocycles. The van der Waals surface area contributed by atoms with Crippen LogP contribution in [-0.4, -0.2) is 20.6 Å². The largest absolute Gasteiger partial charge is 0.481 e. The van der Waals surface area contributed by atoms with E-state index in [9.17, 15) is 4.79 Å². The van der Waals surface area contributed by atoms with Gasteiger partial charge in [-0.05, 0) is 43.9 Å². The Morgan fingerprint density at radius 3 is 2.84 bits per heavy atom. The topological polar surface area (TPSA) is 55.1 Å². The Balaban J connectivity index is 1.85. The molecule has 0 bridgehead atoms. The fourth-order valence-corrected chi connectivity index (χ4v) is 2.96. The van der Waals surface area contributed by atoms with Crippen LogP contribution in [0.25, 0.3) is 11.0 Å². The van der Waals surface area contributed by atoms with Gasteiger partial charge >= 0.3 is 5.97 Å². The van der Waals surface area contributed by atoms with E-state index in [-0.39, 0.29) is 11.8 Å². The second-order valence-electron chi connectivity index (χ2n) is 5.85. The molecule has 0 radical (unpaired) electrons. The van der Waals surface area contributed by atoms with Crippen molar-refractivity contribution in [2.75, 3.05) is 0 Å². The van der Waals surface area contributed by atoms with Crippen molar-refractivity contribution in [3.8, 4) is 0 Å². The number of carboxylic acid groups (broad SMARTS) is 1. The quantitative estimate of drug-likeness (QED) is 0.918. The Kier molecular flexibility index (Phi) is 2.08. The van der Waals surface area contributed by atoms with Crippen molar-refractivity contribution in [1.82, 2.24) is 9.55 Å². The molecule has 4 heteroatoms. The highest BCUT2D eigenvalue weighted by Gasteiger charge is 2.48. The molecule has 4 rings (SSSR count). The summed E-state index contributed by atoms with van der Waals surface area (Å²) in [5.41, 5.74) is 3.38. The molecule has 1 heterocycles. The molecule has 2 aliphatic carbocycles. The lowest BCUT2D eigenvalue weighted by Crippen LogP contribution is -2.04. The summed E-state index contributed by atoms with van der Waals surface area (Å²) in [4.78, 5) is 15.8. The number of fused-ring (bicyclic) bond motifs is 1. The Bertz CT molecular complexity index is 685. The van der Waals surface area contributed by atoms with E-state index in [1.165, 1.54) is 23.9 Å². The van der Waals surface area contributed by atoms with Crippen LogP contribution in [0.4, 0.5) is 0 Å². The van der Waals surface area contributed by atoms with Gasteiger partial charge in [-0.2, -0.15) is 0 Å². The normalized spacial score (nSPS) is 25.7. The lowest BCUT2D eigenvalue weighted by Gasteiger charge is -2.06.